The molecule has 6 heteroatoms. The molecule has 1 amide bonds. The molecule has 3 rings (SSSR count). The van der Waals surface area contributed by atoms with Gasteiger partial charge in [0.2, 0.25) is 0 Å². The lowest BCUT2D eigenvalue weighted by Gasteiger charge is -2.25. The zero-order chi connectivity index (χ0) is 18.0. The largest absolute Gasteiger partial charge is 0.480 e. The second-order valence-electron chi connectivity index (χ2n) is 6.34. The van der Waals surface area contributed by atoms with Crippen molar-refractivity contribution in [1.82, 2.24) is 10.2 Å². The third-order valence-corrected chi connectivity index (χ3v) is 4.57. The van der Waals surface area contributed by atoms with E-state index in [4.69, 9.17) is 16.3 Å². The molecule has 0 spiro atoms. The highest BCUT2D eigenvalue weighted by Gasteiger charge is 2.29. The molecule has 1 aliphatic heterocycles. The van der Waals surface area contributed by atoms with E-state index in [1.165, 1.54) is 12.1 Å². The minimum atomic E-state index is -0.551. The normalized spacial score (nSPS) is 17.1. The van der Waals surface area contributed by atoms with Gasteiger partial charge >= 0.3 is 0 Å². The van der Waals surface area contributed by atoms with Gasteiger partial charge in [-0.3, -0.25) is 4.79 Å². The number of carbonyl (C=O) groups excluding carboxylic acids is 1. The molecule has 0 bridgehead atoms. The maximum atomic E-state index is 13.1. The number of nitrogens with one attached hydrogen (secondary N) is 1. The molecule has 25 heavy (non-hydrogen) atoms. The van der Waals surface area contributed by atoms with Crippen molar-refractivity contribution in [2.75, 3.05) is 20.6 Å². The van der Waals surface area contributed by atoms with Gasteiger partial charge < -0.3 is 15.0 Å². The molecule has 132 valence electrons. The van der Waals surface area contributed by atoms with Crippen LogP contribution in [0.15, 0.2) is 42.5 Å². The fourth-order valence-corrected chi connectivity index (χ4v) is 3.15. The average molecular weight is 363 g/mol. The summed E-state index contributed by atoms with van der Waals surface area (Å²) in [6.45, 7) is 0.411. The van der Waals surface area contributed by atoms with Crippen LogP contribution < -0.4 is 10.1 Å². The Morgan fingerprint density at radius 2 is 2.04 bits per heavy atom. The van der Waals surface area contributed by atoms with Crippen molar-refractivity contribution in [2.45, 2.75) is 18.6 Å². The number of hydrogen-bond acceptors (Lipinski definition) is 3. The Morgan fingerprint density at radius 1 is 1.32 bits per heavy atom. The molecule has 0 saturated carbocycles. The molecule has 2 aromatic carbocycles. The quantitative estimate of drug-likeness (QED) is 0.888. The highest BCUT2D eigenvalue weighted by Crippen LogP contribution is 2.31. The first-order chi connectivity index (χ1) is 11.9. The molecule has 1 aliphatic rings. The summed E-state index contributed by atoms with van der Waals surface area (Å²) in [5.74, 6) is 0.259. The van der Waals surface area contributed by atoms with Gasteiger partial charge in [-0.15, -0.1) is 0 Å². The molecule has 1 N–H and O–H groups in total. The number of fused-ring (bicyclic) bond motifs is 1. The predicted octanol–water partition coefficient (Wildman–Crippen LogP) is 3.20. The van der Waals surface area contributed by atoms with Gasteiger partial charge in [-0.2, -0.15) is 0 Å². The van der Waals surface area contributed by atoms with Crippen molar-refractivity contribution < 1.29 is 13.9 Å². The number of amides is 1. The van der Waals surface area contributed by atoms with Crippen molar-refractivity contribution >= 4 is 17.5 Å². The van der Waals surface area contributed by atoms with Crippen molar-refractivity contribution in [3.05, 3.63) is 64.4 Å². The van der Waals surface area contributed by atoms with Crippen LogP contribution in [0.4, 0.5) is 4.39 Å². The minimum absolute atomic E-state index is 0.0530. The van der Waals surface area contributed by atoms with Crippen molar-refractivity contribution in [1.29, 1.82) is 0 Å². The van der Waals surface area contributed by atoms with Crippen molar-refractivity contribution in [2.24, 2.45) is 0 Å². The van der Waals surface area contributed by atoms with E-state index in [1.54, 1.807) is 24.3 Å². The fourth-order valence-electron chi connectivity index (χ4n) is 2.96. The first-order valence-corrected chi connectivity index (χ1v) is 8.46. The first kappa shape index (κ1) is 17.7. The molecule has 0 fully saturated rings. The van der Waals surface area contributed by atoms with Crippen LogP contribution in [0, 0.1) is 5.82 Å². The van der Waals surface area contributed by atoms with E-state index in [-0.39, 0.29) is 17.8 Å². The van der Waals surface area contributed by atoms with Crippen LogP contribution in [0.3, 0.4) is 0 Å². The van der Waals surface area contributed by atoms with Gasteiger partial charge in [-0.05, 0) is 55.6 Å². The molecule has 0 radical (unpaired) electrons. The Morgan fingerprint density at radius 3 is 2.72 bits per heavy atom. The minimum Gasteiger partial charge on any atom is -0.480 e. The summed E-state index contributed by atoms with van der Waals surface area (Å²) in [6, 6.07) is 11.6. The molecule has 0 aromatic heterocycles. The van der Waals surface area contributed by atoms with Crippen LogP contribution in [-0.4, -0.2) is 37.6 Å². The van der Waals surface area contributed by atoms with Crippen LogP contribution in [0.5, 0.6) is 5.75 Å². The zero-order valence-corrected chi connectivity index (χ0v) is 14.9. The predicted molar refractivity (Wildman–Crippen MR) is 95.4 cm³/mol. The smallest absolute Gasteiger partial charge is 0.261 e. The van der Waals surface area contributed by atoms with Gasteiger partial charge in [-0.1, -0.05) is 23.7 Å². The lowest BCUT2D eigenvalue weighted by molar-refractivity contribution is -0.127. The Balaban J connectivity index is 1.62. The second kappa shape index (κ2) is 7.42. The first-order valence-electron chi connectivity index (χ1n) is 8.08. The fraction of sp³-hybridized carbons (Fsp3) is 0.316. The van der Waals surface area contributed by atoms with E-state index in [1.807, 2.05) is 25.1 Å². The molecule has 0 aliphatic carbocycles. The number of rotatable bonds is 5. The molecule has 2 atom stereocenters. The zero-order valence-electron chi connectivity index (χ0n) is 14.1. The molecule has 2 aromatic rings. The van der Waals surface area contributed by atoms with Crippen LogP contribution in [0.2, 0.25) is 5.02 Å². The third-order valence-electron chi connectivity index (χ3n) is 4.34. The lowest BCUT2D eigenvalue weighted by Crippen LogP contribution is -2.41. The van der Waals surface area contributed by atoms with Gasteiger partial charge in [-0.25, -0.2) is 4.39 Å². The molecule has 1 heterocycles. The molecule has 4 nitrogen and oxygen atoms in total. The standard InChI is InChI=1S/C19H20ClFN2O2/c1-23(2)16(12-3-6-15(21)7-4-12)11-22-19(24)18-10-13-9-14(20)5-8-17(13)25-18/h3-9,16,18H,10-11H2,1-2H3,(H,22,24). The van der Waals surface area contributed by atoms with E-state index < -0.39 is 6.10 Å². The van der Waals surface area contributed by atoms with Crippen molar-refractivity contribution in [3.8, 4) is 5.75 Å². The topological polar surface area (TPSA) is 41.6 Å². The number of benzene rings is 2. The van der Waals surface area contributed by atoms with Gasteiger partial charge in [0.25, 0.3) is 5.91 Å². The van der Waals surface area contributed by atoms with E-state index in [9.17, 15) is 9.18 Å². The van der Waals surface area contributed by atoms with Crippen LogP contribution in [0.1, 0.15) is 17.2 Å². The van der Waals surface area contributed by atoms with E-state index in [0.29, 0.717) is 23.7 Å². The number of likely N-dealkylation sites (N-methyl/N-ethyl adjacent to an activating group) is 1. The van der Waals surface area contributed by atoms with E-state index in [0.717, 1.165) is 11.1 Å². The number of carbonyl (C=O) groups is 1. The molecular formula is C19H20ClFN2O2. The monoisotopic (exact) mass is 362 g/mol. The highest BCUT2D eigenvalue weighted by atomic mass is 35.5. The Kier molecular flexibility index (Phi) is 5.25. The molecule has 2 unspecified atom stereocenters. The summed E-state index contributed by atoms with van der Waals surface area (Å²) in [5, 5.41) is 3.57. The lowest BCUT2D eigenvalue weighted by atomic mass is 10.1. The van der Waals surface area contributed by atoms with Gasteiger partial charge in [0.15, 0.2) is 6.10 Å². The summed E-state index contributed by atoms with van der Waals surface area (Å²) >= 11 is 5.98. The van der Waals surface area contributed by atoms with Gasteiger partial charge in [0, 0.05) is 18.0 Å². The van der Waals surface area contributed by atoms with Crippen LogP contribution in [-0.2, 0) is 11.2 Å². The summed E-state index contributed by atoms with van der Waals surface area (Å²) in [6.07, 6.45) is -0.0465. The average Bonchev–Trinajstić information content (AvgIpc) is 2.99. The number of nitrogens with zero attached hydrogens (tertiary/aromatic N) is 1. The summed E-state index contributed by atoms with van der Waals surface area (Å²) in [5.41, 5.74) is 1.88. The summed E-state index contributed by atoms with van der Waals surface area (Å²) in [7, 11) is 3.84. The second-order valence-corrected chi connectivity index (χ2v) is 6.78. The Bertz CT molecular complexity index is 765. The maximum Gasteiger partial charge on any atom is 0.261 e. The molecule has 0 saturated heterocycles. The van der Waals surface area contributed by atoms with E-state index >= 15 is 0 Å². The van der Waals surface area contributed by atoms with E-state index in [2.05, 4.69) is 5.32 Å². The number of hydrogen-bond donors (Lipinski definition) is 1. The summed E-state index contributed by atoms with van der Waals surface area (Å²) < 4.78 is 18.8. The number of halogens is 2. The third kappa shape index (κ3) is 4.11. The molecular weight excluding hydrogens is 343 g/mol. The number of ether oxygens (including phenoxy) is 1. The Hall–Kier alpha value is -2.11. The van der Waals surface area contributed by atoms with Crippen molar-refractivity contribution in [3.63, 3.8) is 0 Å². The maximum absolute atomic E-state index is 13.1. The highest BCUT2D eigenvalue weighted by molar-refractivity contribution is 6.30. The Labute approximate surface area is 151 Å². The van der Waals surface area contributed by atoms with Gasteiger partial charge in [0.05, 0.1) is 6.04 Å². The summed E-state index contributed by atoms with van der Waals surface area (Å²) in [4.78, 5) is 14.4. The van der Waals surface area contributed by atoms with Gasteiger partial charge in [0.1, 0.15) is 11.6 Å². The van der Waals surface area contributed by atoms with Crippen LogP contribution in [0.25, 0.3) is 0 Å². The van der Waals surface area contributed by atoms with Crippen LogP contribution >= 0.6 is 11.6 Å². The SMILES string of the molecule is CN(C)C(CNC(=O)C1Cc2cc(Cl)ccc2O1)c1ccc(F)cc1.